The van der Waals surface area contributed by atoms with Crippen molar-refractivity contribution in [3.63, 3.8) is 0 Å². The standard InChI is InChI=1S/C26H22N2O5/c1-33-26(32)19-13-11-18(12-14-19)16-27-23(29)22(15-17-7-3-2-4-8-17)28-24(30)20-9-5-6-10-21(20)25(28)31/h2-14,22H,15-16H2,1H3,(H,27,29). The highest BCUT2D eigenvalue weighted by Crippen LogP contribution is 2.26. The fourth-order valence-corrected chi connectivity index (χ4v) is 3.81. The summed E-state index contributed by atoms with van der Waals surface area (Å²) in [6, 6.07) is 21.5. The lowest BCUT2D eigenvalue weighted by Crippen LogP contribution is -2.50. The molecule has 3 aromatic carbocycles. The molecule has 0 fully saturated rings. The van der Waals surface area contributed by atoms with E-state index in [1.54, 1.807) is 48.5 Å². The van der Waals surface area contributed by atoms with Gasteiger partial charge >= 0.3 is 5.97 Å². The SMILES string of the molecule is COC(=O)c1ccc(CNC(=O)C(Cc2ccccc2)N2C(=O)c3ccccc3C2=O)cc1. The van der Waals surface area contributed by atoms with Gasteiger partial charge in [0.15, 0.2) is 0 Å². The maximum Gasteiger partial charge on any atom is 0.337 e. The van der Waals surface area contributed by atoms with E-state index in [1.807, 2.05) is 30.3 Å². The lowest BCUT2D eigenvalue weighted by molar-refractivity contribution is -0.125. The molecule has 4 rings (SSSR count). The van der Waals surface area contributed by atoms with Crippen LogP contribution in [0.4, 0.5) is 0 Å². The molecule has 0 saturated carbocycles. The van der Waals surface area contributed by atoms with E-state index < -0.39 is 29.7 Å². The number of nitrogens with zero attached hydrogens (tertiary/aromatic N) is 1. The minimum Gasteiger partial charge on any atom is -0.465 e. The summed E-state index contributed by atoms with van der Waals surface area (Å²) in [5, 5.41) is 2.83. The second-order valence-corrected chi connectivity index (χ2v) is 7.64. The van der Waals surface area contributed by atoms with Crippen LogP contribution in [-0.2, 0) is 22.5 Å². The van der Waals surface area contributed by atoms with Crippen molar-refractivity contribution in [3.05, 3.63) is 107 Å². The summed E-state index contributed by atoms with van der Waals surface area (Å²) in [6.07, 6.45) is 0.194. The van der Waals surface area contributed by atoms with Crippen LogP contribution in [0.2, 0.25) is 0 Å². The molecule has 7 heteroatoms. The fraction of sp³-hybridized carbons (Fsp3) is 0.154. The van der Waals surface area contributed by atoms with Crippen LogP contribution in [0.15, 0.2) is 78.9 Å². The Hall–Kier alpha value is -4.26. The lowest BCUT2D eigenvalue weighted by Gasteiger charge is -2.25. The van der Waals surface area contributed by atoms with Gasteiger partial charge in [-0.15, -0.1) is 0 Å². The van der Waals surface area contributed by atoms with Crippen molar-refractivity contribution in [2.24, 2.45) is 0 Å². The zero-order valence-electron chi connectivity index (χ0n) is 18.0. The van der Waals surface area contributed by atoms with Gasteiger partial charge in [-0.3, -0.25) is 19.3 Å². The van der Waals surface area contributed by atoms with Crippen LogP contribution >= 0.6 is 0 Å². The molecule has 0 spiro atoms. The monoisotopic (exact) mass is 442 g/mol. The topological polar surface area (TPSA) is 92.8 Å². The van der Waals surface area contributed by atoms with Gasteiger partial charge in [-0.25, -0.2) is 4.79 Å². The molecule has 3 aromatic rings. The molecule has 3 amide bonds. The molecule has 0 aromatic heterocycles. The quantitative estimate of drug-likeness (QED) is 0.449. The molecule has 1 atom stereocenters. The van der Waals surface area contributed by atoms with Crippen molar-refractivity contribution < 1.29 is 23.9 Å². The number of methoxy groups -OCH3 is 1. The highest BCUT2D eigenvalue weighted by atomic mass is 16.5. The summed E-state index contributed by atoms with van der Waals surface area (Å²) in [5.74, 6) is -1.84. The number of nitrogens with one attached hydrogen (secondary N) is 1. The summed E-state index contributed by atoms with van der Waals surface area (Å²) in [4.78, 5) is 51.9. The van der Waals surface area contributed by atoms with Crippen molar-refractivity contribution in [2.45, 2.75) is 19.0 Å². The Morgan fingerprint density at radius 3 is 1.97 bits per heavy atom. The first kappa shape index (κ1) is 22.0. The first-order chi connectivity index (χ1) is 16.0. The van der Waals surface area contributed by atoms with Crippen LogP contribution in [0, 0.1) is 0 Å². The number of imide groups is 1. The Morgan fingerprint density at radius 1 is 0.818 bits per heavy atom. The van der Waals surface area contributed by atoms with Gasteiger partial charge in [-0.05, 0) is 35.4 Å². The Bertz CT molecular complexity index is 1170. The van der Waals surface area contributed by atoms with Crippen LogP contribution < -0.4 is 5.32 Å². The van der Waals surface area contributed by atoms with Gasteiger partial charge < -0.3 is 10.1 Å². The average Bonchev–Trinajstić information content (AvgIpc) is 3.11. The third-order valence-electron chi connectivity index (χ3n) is 5.55. The van der Waals surface area contributed by atoms with Gasteiger partial charge in [0.2, 0.25) is 5.91 Å². The molecule has 0 aliphatic carbocycles. The van der Waals surface area contributed by atoms with Crippen LogP contribution in [0.1, 0.15) is 42.2 Å². The first-order valence-corrected chi connectivity index (χ1v) is 10.5. The second-order valence-electron chi connectivity index (χ2n) is 7.64. The number of hydrogen-bond acceptors (Lipinski definition) is 5. The zero-order chi connectivity index (χ0) is 23.4. The third-order valence-corrected chi connectivity index (χ3v) is 5.55. The molecule has 0 bridgehead atoms. The van der Waals surface area contributed by atoms with E-state index in [-0.39, 0.29) is 13.0 Å². The molecule has 7 nitrogen and oxygen atoms in total. The Balaban J connectivity index is 1.55. The first-order valence-electron chi connectivity index (χ1n) is 10.5. The Kier molecular flexibility index (Phi) is 6.31. The number of carbonyl (C=O) groups excluding carboxylic acids is 4. The molecule has 1 aliphatic rings. The molecule has 1 heterocycles. The van der Waals surface area contributed by atoms with Gasteiger partial charge in [-0.2, -0.15) is 0 Å². The predicted molar refractivity (Wildman–Crippen MR) is 121 cm³/mol. The lowest BCUT2D eigenvalue weighted by atomic mass is 10.0. The number of ether oxygens (including phenoxy) is 1. The largest absolute Gasteiger partial charge is 0.465 e. The third kappa shape index (κ3) is 4.52. The van der Waals surface area contributed by atoms with E-state index in [4.69, 9.17) is 0 Å². The summed E-state index contributed by atoms with van der Waals surface area (Å²) >= 11 is 0. The van der Waals surface area contributed by atoms with Gasteiger partial charge in [0, 0.05) is 13.0 Å². The summed E-state index contributed by atoms with van der Waals surface area (Å²) in [6.45, 7) is 0.175. The smallest absolute Gasteiger partial charge is 0.337 e. The van der Waals surface area contributed by atoms with Crippen molar-refractivity contribution in [3.8, 4) is 0 Å². The summed E-state index contributed by atoms with van der Waals surface area (Å²) in [7, 11) is 1.31. The highest BCUT2D eigenvalue weighted by Gasteiger charge is 2.42. The van der Waals surface area contributed by atoms with Crippen molar-refractivity contribution in [1.82, 2.24) is 10.2 Å². The molecular formula is C26H22N2O5. The van der Waals surface area contributed by atoms with Crippen molar-refractivity contribution in [1.29, 1.82) is 0 Å². The molecule has 0 radical (unpaired) electrons. The van der Waals surface area contributed by atoms with E-state index in [0.717, 1.165) is 16.0 Å². The second kappa shape index (κ2) is 9.48. The normalized spacial score (nSPS) is 13.4. The number of amides is 3. The number of esters is 1. The number of fused-ring (bicyclic) bond motifs is 1. The Morgan fingerprint density at radius 2 is 1.39 bits per heavy atom. The molecule has 33 heavy (non-hydrogen) atoms. The minimum atomic E-state index is -1.01. The number of hydrogen-bond donors (Lipinski definition) is 1. The number of carbonyl (C=O) groups is 4. The van der Waals surface area contributed by atoms with Gasteiger partial charge in [0.05, 0.1) is 23.8 Å². The molecule has 1 aliphatic heterocycles. The summed E-state index contributed by atoms with van der Waals surface area (Å²) < 4.78 is 4.69. The average molecular weight is 442 g/mol. The Labute approximate surface area is 191 Å². The molecular weight excluding hydrogens is 420 g/mol. The molecule has 1 unspecified atom stereocenters. The minimum absolute atomic E-state index is 0.175. The van der Waals surface area contributed by atoms with E-state index in [2.05, 4.69) is 10.1 Å². The number of rotatable bonds is 7. The van der Waals surface area contributed by atoms with E-state index >= 15 is 0 Å². The van der Waals surface area contributed by atoms with E-state index in [1.165, 1.54) is 7.11 Å². The van der Waals surface area contributed by atoms with Gasteiger partial charge in [-0.1, -0.05) is 54.6 Å². The van der Waals surface area contributed by atoms with Crippen LogP contribution in [0.25, 0.3) is 0 Å². The highest BCUT2D eigenvalue weighted by molar-refractivity contribution is 6.22. The predicted octanol–water partition coefficient (Wildman–Crippen LogP) is 3.00. The number of benzene rings is 3. The van der Waals surface area contributed by atoms with Crippen molar-refractivity contribution in [2.75, 3.05) is 7.11 Å². The van der Waals surface area contributed by atoms with Gasteiger partial charge in [0.1, 0.15) is 6.04 Å². The van der Waals surface area contributed by atoms with Crippen LogP contribution in [0.5, 0.6) is 0 Å². The molecule has 0 saturated heterocycles. The maximum absolute atomic E-state index is 13.2. The maximum atomic E-state index is 13.2. The van der Waals surface area contributed by atoms with Crippen molar-refractivity contribution >= 4 is 23.7 Å². The van der Waals surface area contributed by atoms with Crippen LogP contribution in [0.3, 0.4) is 0 Å². The molecule has 1 N–H and O–H groups in total. The van der Waals surface area contributed by atoms with E-state index in [9.17, 15) is 19.2 Å². The van der Waals surface area contributed by atoms with Gasteiger partial charge in [0.25, 0.3) is 11.8 Å². The fourth-order valence-electron chi connectivity index (χ4n) is 3.81. The summed E-state index contributed by atoms with van der Waals surface area (Å²) in [5.41, 5.74) is 2.59. The van der Waals surface area contributed by atoms with E-state index in [0.29, 0.717) is 16.7 Å². The molecule has 166 valence electrons. The zero-order valence-corrected chi connectivity index (χ0v) is 18.0. The van der Waals surface area contributed by atoms with Crippen LogP contribution in [-0.4, -0.2) is 41.7 Å².